The number of hydrogen-bond acceptors (Lipinski definition) is 2. The Hall–Kier alpha value is -1.54. The molecule has 0 aliphatic rings. The van der Waals surface area contributed by atoms with Gasteiger partial charge in [0.25, 0.3) is 0 Å². The molecule has 1 unspecified atom stereocenters. The van der Waals surface area contributed by atoms with Crippen LogP contribution in [0.25, 0.3) is 0 Å². The molecule has 0 aliphatic carbocycles. The van der Waals surface area contributed by atoms with Crippen LogP contribution in [0.2, 0.25) is 0 Å². The molecule has 1 N–H and O–H groups in total. The van der Waals surface area contributed by atoms with E-state index in [2.05, 4.69) is 43.4 Å². The topological polar surface area (TPSA) is 25.2 Å². The fourth-order valence-corrected chi connectivity index (χ4v) is 2.16. The number of hydrogen-bond donors (Lipinski definition) is 1. The third kappa shape index (κ3) is 3.47. The Morgan fingerprint density at radius 1 is 1.11 bits per heavy atom. The second kappa shape index (κ2) is 6.41. The third-order valence-corrected chi connectivity index (χ3v) is 3.23. The van der Waals surface area contributed by atoms with Crippen molar-refractivity contribution in [1.29, 1.82) is 0 Å². The van der Waals surface area contributed by atoms with Crippen LogP contribution < -0.4 is 5.32 Å². The highest BCUT2D eigenvalue weighted by Crippen LogP contribution is 2.10. The standard InChI is InChI=1S/C16H21NO/c1-3-14-7-4-5-8-15(14)12-17-13(2)11-16-9-6-10-18-16/h4-10,13,17H,3,11-12H2,1-2H3. The lowest BCUT2D eigenvalue weighted by Gasteiger charge is -2.14. The van der Waals surface area contributed by atoms with Crippen LogP contribution in [0.15, 0.2) is 47.1 Å². The molecule has 2 heteroatoms. The first-order valence-electron chi connectivity index (χ1n) is 6.62. The molecule has 1 atom stereocenters. The van der Waals surface area contributed by atoms with Crippen molar-refractivity contribution in [2.24, 2.45) is 0 Å². The van der Waals surface area contributed by atoms with Crippen LogP contribution in [-0.4, -0.2) is 6.04 Å². The van der Waals surface area contributed by atoms with Gasteiger partial charge in [-0.25, -0.2) is 0 Å². The summed E-state index contributed by atoms with van der Waals surface area (Å²) in [7, 11) is 0. The zero-order chi connectivity index (χ0) is 12.8. The Labute approximate surface area is 109 Å². The Bertz CT molecular complexity index is 462. The van der Waals surface area contributed by atoms with Gasteiger partial charge in [0.1, 0.15) is 5.76 Å². The van der Waals surface area contributed by atoms with Crippen LogP contribution in [0.1, 0.15) is 30.7 Å². The highest BCUT2D eigenvalue weighted by atomic mass is 16.3. The molecular formula is C16H21NO. The summed E-state index contributed by atoms with van der Waals surface area (Å²) in [6, 6.07) is 13.0. The zero-order valence-corrected chi connectivity index (χ0v) is 11.1. The summed E-state index contributed by atoms with van der Waals surface area (Å²) < 4.78 is 5.36. The van der Waals surface area contributed by atoms with Crippen molar-refractivity contribution in [3.8, 4) is 0 Å². The first-order valence-corrected chi connectivity index (χ1v) is 6.62. The van der Waals surface area contributed by atoms with Crippen LogP contribution in [0.5, 0.6) is 0 Å². The van der Waals surface area contributed by atoms with Crippen molar-refractivity contribution in [1.82, 2.24) is 5.32 Å². The molecule has 0 saturated heterocycles. The van der Waals surface area contributed by atoms with Gasteiger partial charge in [0.15, 0.2) is 0 Å². The molecule has 1 heterocycles. The lowest BCUT2D eigenvalue weighted by atomic mass is 10.0. The minimum Gasteiger partial charge on any atom is -0.469 e. The minimum atomic E-state index is 0.418. The molecule has 2 nitrogen and oxygen atoms in total. The molecule has 1 aromatic carbocycles. The van der Waals surface area contributed by atoms with Gasteiger partial charge in [-0.3, -0.25) is 0 Å². The molecule has 18 heavy (non-hydrogen) atoms. The fourth-order valence-electron chi connectivity index (χ4n) is 2.16. The van der Waals surface area contributed by atoms with E-state index in [1.165, 1.54) is 11.1 Å². The molecule has 0 fully saturated rings. The van der Waals surface area contributed by atoms with Gasteiger partial charge in [-0.15, -0.1) is 0 Å². The van der Waals surface area contributed by atoms with Crippen molar-refractivity contribution in [2.45, 2.75) is 39.3 Å². The van der Waals surface area contributed by atoms with Crippen LogP contribution in [0, 0.1) is 0 Å². The highest BCUT2D eigenvalue weighted by molar-refractivity contribution is 5.26. The van der Waals surface area contributed by atoms with Crippen LogP contribution in [-0.2, 0) is 19.4 Å². The number of furan rings is 1. The summed E-state index contributed by atoms with van der Waals surface area (Å²) in [4.78, 5) is 0. The third-order valence-electron chi connectivity index (χ3n) is 3.23. The van der Waals surface area contributed by atoms with Crippen LogP contribution in [0.4, 0.5) is 0 Å². The lowest BCUT2D eigenvalue weighted by molar-refractivity contribution is 0.456. The zero-order valence-electron chi connectivity index (χ0n) is 11.1. The normalized spacial score (nSPS) is 12.6. The van der Waals surface area contributed by atoms with Gasteiger partial charge in [-0.1, -0.05) is 31.2 Å². The molecule has 0 bridgehead atoms. The highest BCUT2D eigenvalue weighted by Gasteiger charge is 2.06. The van der Waals surface area contributed by atoms with E-state index < -0.39 is 0 Å². The van der Waals surface area contributed by atoms with Gasteiger partial charge in [0.2, 0.25) is 0 Å². The SMILES string of the molecule is CCc1ccccc1CNC(C)Cc1ccco1. The van der Waals surface area contributed by atoms with E-state index in [0.29, 0.717) is 6.04 Å². The Morgan fingerprint density at radius 3 is 2.56 bits per heavy atom. The van der Waals surface area contributed by atoms with Crippen molar-refractivity contribution >= 4 is 0 Å². The Balaban J connectivity index is 1.87. The van der Waals surface area contributed by atoms with Gasteiger partial charge < -0.3 is 9.73 Å². The molecule has 2 rings (SSSR count). The summed E-state index contributed by atoms with van der Waals surface area (Å²) in [5.74, 6) is 1.04. The quantitative estimate of drug-likeness (QED) is 0.839. The van der Waals surface area contributed by atoms with E-state index >= 15 is 0 Å². The van der Waals surface area contributed by atoms with Crippen molar-refractivity contribution in [3.63, 3.8) is 0 Å². The summed E-state index contributed by atoms with van der Waals surface area (Å²) in [5.41, 5.74) is 2.82. The monoisotopic (exact) mass is 243 g/mol. The molecule has 0 saturated carbocycles. The summed E-state index contributed by atoms with van der Waals surface area (Å²) in [6.45, 7) is 5.31. The maximum absolute atomic E-state index is 5.36. The molecule has 2 aromatic rings. The molecule has 0 aliphatic heterocycles. The Kier molecular flexibility index (Phi) is 4.59. The molecule has 1 aromatic heterocycles. The predicted molar refractivity (Wildman–Crippen MR) is 74.5 cm³/mol. The average Bonchev–Trinajstić information content (AvgIpc) is 2.89. The second-order valence-electron chi connectivity index (χ2n) is 4.69. The molecule has 0 radical (unpaired) electrons. The minimum absolute atomic E-state index is 0.418. The van der Waals surface area contributed by atoms with Gasteiger partial charge in [-0.2, -0.15) is 0 Å². The van der Waals surface area contributed by atoms with Gasteiger partial charge in [0, 0.05) is 19.0 Å². The smallest absolute Gasteiger partial charge is 0.105 e. The number of rotatable bonds is 6. The maximum Gasteiger partial charge on any atom is 0.105 e. The van der Waals surface area contributed by atoms with E-state index in [0.717, 1.165) is 25.1 Å². The van der Waals surface area contributed by atoms with Crippen LogP contribution in [0.3, 0.4) is 0 Å². The predicted octanol–water partition coefficient (Wildman–Crippen LogP) is 3.56. The second-order valence-corrected chi connectivity index (χ2v) is 4.69. The van der Waals surface area contributed by atoms with Crippen LogP contribution >= 0.6 is 0 Å². The summed E-state index contributed by atoms with van der Waals surface area (Å²) in [6.07, 6.45) is 3.75. The number of benzene rings is 1. The van der Waals surface area contributed by atoms with Crippen molar-refractivity contribution < 1.29 is 4.42 Å². The maximum atomic E-state index is 5.36. The van der Waals surface area contributed by atoms with Gasteiger partial charge in [0.05, 0.1) is 6.26 Å². The fraction of sp³-hybridized carbons (Fsp3) is 0.375. The van der Waals surface area contributed by atoms with Crippen molar-refractivity contribution in [2.75, 3.05) is 0 Å². The van der Waals surface area contributed by atoms with Crippen molar-refractivity contribution in [3.05, 3.63) is 59.5 Å². The van der Waals surface area contributed by atoms with Gasteiger partial charge in [-0.05, 0) is 36.6 Å². The first kappa shape index (κ1) is 12.9. The summed E-state index contributed by atoms with van der Waals surface area (Å²) in [5, 5.41) is 3.55. The number of aryl methyl sites for hydroxylation is 1. The largest absolute Gasteiger partial charge is 0.469 e. The number of nitrogens with one attached hydrogen (secondary N) is 1. The van der Waals surface area contributed by atoms with E-state index in [1.54, 1.807) is 6.26 Å². The molecule has 0 spiro atoms. The van der Waals surface area contributed by atoms with E-state index in [1.807, 2.05) is 12.1 Å². The summed E-state index contributed by atoms with van der Waals surface area (Å²) >= 11 is 0. The molecule has 0 amide bonds. The van der Waals surface area contributed by atoms with E-state index in [-0.39, 0.29) is 0 Å². The van der Waals surface area contributed by atoms with E-state index in [9.17, 15) is 0 Å². The first-order chi connectivity index (χ1) is 8.79. The lowest BCUT2D eigenvalue weighted by Crippen LogP contribution is -2.27. The van der Waals surface area contributed by atoms with Gasteiger partial charge >= 0.3 is 0 Å². The molecule has 96 valence electrons. The average molecular weight is 243 g/mol. The van der Waals surface area contributed by atoms with E-state index in [4.69, 9.17) is 4.42 Å². The Morgan fingerprint density at radius 2 is 1.89 bits per heavy atom. The molecular weight excluding hydrogens is 222 g/mol.